The predicted molar refractivity (Wildman–Crippen MR) is 134 cm³/mol. The second-order valence-corrected chi connectivity index (χ2v) is 10.0. The number of amides is 1. The van der Waals surface area contributed by atoms with E-state index in [1.54, 1.807) is 24.3 Å². The summed E-state index contributed by atoms with van der Waals surface area (Å²) >= 11 is 18.2. The molecular formula is C23H21Cl3N2O5S. The van der Waals surface area contributed by atoms with Crippen LogP contribution in [0.15, 0.2) is 65.6 Å². The van der Waals surface area contributed by atoms with E-state index in [0.29, 0.717) is 5.75 Å². The van der Waals surface area contributed by atoms with Crippen molar-refractivity contribution in [2.45, 2.75) is 17.4 Å². The molecule has 0 saturated heterocycles. The van der Waals surface area contributed by atoms with E-state index in [4.69, 9.17) is 44.3 Å². The van der Waals surface area contributed by atoms with Gasteiger partial charge in [-0.25, -0.2) is 8.42 Å². The van der Waals surface area contributed by atoms with Gasteiger partial charge in [-0.2, -0.15) is 4.72 Å². The minimum atomic E-state index is -4.21. The summed E-state index contributed by atoms with van der Waals surface area (Å²) in [5.74, 6) is -0.0460. The second-order valence-electron chi connectivity index (χ2n) is 7.11. The molecule has 3 aromatic rings. The van der Waals surface area contributed by atoms with Crippen molar-refractivity contribution in [3.63, 3.8) is 0 Å². The van der Waals surface area contributed by atoms with Crippen molar-refractivity contribution in [3.05, 3.63) is 81.3 Å². The Labute approximate surface area is 213 Å². The van der Waals surface area contributed by atoms with E-state index in [1.807, 2.05) is 6.07 Å². The molecule has 1 atom stereocenters. The number of halogens is 3. The fourth-order valence-electron chi connectivity index (χ4n) is 3.15. The fourth-order valence-corrected chi connectivity index (χ4v) is 5.34. The first-order valence-electron chi connectivity index (χ1n) is 9.88. The molecule has 7 nitrogen and oxygen atoms in total. The zero-order valence-corrected chi connectivity index (χ0v) is 21.2. The maximum absolute atomic E-state index is 13.3. The van der Waals surface area contributed by atoms with Crippen molar-refractivity contribution in [3.8, 4) is 11.5 Å². The maximum Gasteiger partial charge on any atom is 0.243 e. The molecule has 0 unspecified atom stereocenters. The third-order valence-corrected chi connectivity index (χ3v) is 7.29. The third kappa shape index (κ3) is 6.34. The van der Waals surface area contributed by atoms with E-state index in [2.05, 4.69) is 10.0 Å². The van der Waals surface area contributed by atoms with E-state index in [1.165, 1.54) is 44.6 Å². The van der Waals surface area contributed by atoms with Crippen LogP contribution in [0.1, 0.15) is 5.56 Å². The minimum absolute atomic E-state index is 0.0279. The highest BCUT2D eigenvalue weighted by molar-refractivity contribution is 7.89. The summed E-state index contributed by atoms with van der Waals surface area (Å²) in [7, 11) is -1.36. The fraction of sp³-hybridized carbons (Fsp3) is 0.174. The van der Waals surface area contributed by atoms with Gasteiger partial charge in [-0.1, -0.05) is 65.1 Å². The van der Waals surface area contributed by atoms with Gasteiger partial charge >= 0.3 is 0 Å². The second kappa shape index (κ2) is 11.3. The van der Waals surface area contributed by atoms with E-state index in [0.717, 1.165) is 5.56 Å². The highest BCUT2D eigenvalue weighted by atomic mass is 35.5. The van der Waals surface area contributed by atoms with Crippen LogP contribution < -0.4 is 19.5 Å². The quantitative estimate of drug-likeness (QED) is 0.387. The van der Waals surface area contributed by atoms with Crippen LogP contribution in [0.5, 0.6) is 11.5 Å². The predicted octanol–water partition coefficient (Wildman–Crippen LogP) is 5.19. The molecule has 0 heterocycles. The van der Waals surface area contributed by atoms with Gasteiger partial charge in [-0.05, 0) is 30.2 Å². The van der Waals surface area contributed by atoms with Crippen LogP contribution in [0.2, 0.25) is 15.1 Å². The van der Waals surface area contributed by atoms with Gasteiger partial charge < -0.3 is 14.8 Å². The molecule has 0 saturated carbocycles. The first kappa shape index (κ1) is 26.1. The standard InChI is InChI=1S/C23H21Cl3N2O5S/c1-32-20-13-18(21(33-2)12-17(20)26)27-23(29)19(10-14-6-4-3-5-7-14)28-34(30,31)22-11-15(24)8-9-16(22)25/h3-9,11-13,19,28H,10H2,1-2H3,(H,27,29)/t19-/m0/s1. The summed E-state index contributed by atoms with van der Waals surface area (Å²) in [6.45, 7) is 0. The van der Waals surface area contributed by atoms with Gasteiger partial charge in [0.05, 0.1) is 30.0 Å². The number of anilines is 1. The minimum Gasteiger partial charge on any atom is -0.495 e. The van der Waals surface area contributed by atoms with Crippen molar-refractivity contribution in [2.24, 2.45) is 0 Å². The Morgan fingerprint density at radius 2 is 1.59 bits per heavy atom. The average molecular weight is 544 g/mol. The van der Waals surface area contributed by atoms with Crippen LogP contribution >= 0.6 is 34.8 Å². The van der Waals surface area contributed by atoms with E-state index in [-0.39, 0.29) is 37.8 Å². The number of ether oxygens (including phenoxy) is 2. The lowest BCUT2D eigenvalue weighted by atomic mass is 10.1. The van der Waals surface area contributed by atoms with Gasteiger partial charge in [0.15, 0.2) is 0 Å². The zero-order valence-electron chi connectivity index (χ0n) is 18.1. The number of carbonyl (C=O) groups excluding carboxylic acids is 1. The number of hydrogen-bond acceptors (Lipinski definition) is 5. The number of methoxy groups -OCH3 is 2. The molecule has 3 rings (SSSR count). The first-order chi connectivity index (χ1) is 16.1. The van der Waals surface area contributed by atoms with E-state index in [9.17, 15) is 13.2 Å². The van der Waals surface area contributed by atoms with Crippen LogP contribution in [0.25, 0.3) is 0 Å². The van der Waals surface area contributed by atoms with Gasteiger partial charge in [0, 0.05) is 17.2 Å². The Bertz CT molecular complexity index is 1290. The Morgan fingerprint density at radius 1 is 0.912 bits per heavy atom. The van der Waals surface area contributed by atoms with E-state index < -0.39 is 22.0 Å². The molecule has 0 bridgehead atoms. The summed E-state index contributed by atoms with van der Waals surface area (Å²) < 4.78 is 39.2. The zero-order chi connectivity index (χ0) is 24.9. The molecule has 1 amide bonds. The lowest BCUT2D eigenvalue weighted by molar-refractivity contribution is -0.117. The van der Waals surface area contributed by atoms with Crippen molar-refractivity contribution >= 4 is 56.4 Å². The molecule has 0 aliphatic carbocycles. The number of nitrogens with one attached hydrogen (secondary N) is 2. The molecular weight excluding hydrogens is 523 g/mol. The van der Waals surface area contributed by atoms with Crippen LogP contribution in [-0.2, 0) is 21.2 Å². The van der Waals surface area contributed by atoms with E-state index >= 15 is 0 Å². The van der Waals surface area contributed by atoms with Crippen molar-refractivity contribution in [1.82, 2.24) is 4.72 Å². The molecule has 34 heavy (non-hydrogen) atoms. The van der Waals surface area contributed by atoms with Crippen molar-refractivity contribution in [1.29, 1.82) is 0 Å². The lowest BCUT2D eigenvalue weighted by Crippen LogP contribution is -2.45. The highest BCUT2D eigenvalue weighted by Gasteiger charge is 2.28. The summed E-state index contributed by atoms with van der Waals surface area (Å²) in [5, 5.41) is 3.14. The molecule has 11 heteroatoms. The number of sulfonamides is 1. The molecule has 0 radical (unpaired) electrons. The normalized spacial score (nSPS) is 12.1. The summed E-state index contributed by atoms with van der Waals surface area (Å²) in [4.78, 5) is 13.1. The first-order valence-corrected chi connectivity index (χ1v) is 12.5. The van der Waals surface area contributed by atoms with Gasteiger partial charge in [0.2, 0.25) is 15.9 Å². The monoisotopic (exact) mass is 542 g/mol. The molecule has 0 spiro atoms. The molecule has 0 aliphatic heterocycles. The van der Waals surface area contributed by atoms with Crippen LogP contribution in [0.3, 0.4) is 0 Å². The van der Waals surface area contributed by atoms with Gasteiger partial charge in [0.25, 0.3) is 0 Å². The Kier molecular flexibility index (Phi) is 8.67. The molecule has 3 aromatic carbocycles. The molecule has 0 fully saturated rings. The van der Waals surface area contributed by atoms with Crippen LogP contribution in [0, 0.1) is 0 Å². The molecule has 0 aromatic heterocycles. The number of benzene rings is 3. The maximum atomic E-state index is 13.3. The third-order valence-electron chi connectivity index (χ3n) is 4.81. The number of carbonyl (C=O) groups is 1. The smallest absolute Gasteiger partial charge is 0.243 e. The van der Waals surface area contributed by atoms with Crippen LogP contribution in [0.4, 0.5) is 5.69 Å². The van der Waals surface area contributed by atoms with Gasteiger partial charge in [-0.15, -0.1) is 0 Å². The number of rotatable bonds is 9. The number of hydrogen-bond donors (Lipinski definition) is 2. The average Bonchev–Trinajstić information content (AvgIpc) is 2.81. The van der Waals surface area contributed by atoms with Gasteiger partial charge in [-0.3, -0.25) is 4.79 Å². The van der Waals surface area contributed by atoms with Crippen molar-refractivity contribution < 1.29 is 22.7 Å². The van der Waals surface area contributed by atoms with Crippen molar-refractivity contribution in [2.75, 3.05) is 19.5 Å². The largest absolute Gasteiger partial charge is 0.495 e. The lowest BCUT2D eigenvalue weighted by Gasteiger charge is -2.20. The summed E-state index contributed by atoms with van der Waals surface area (Å²) in [6, 6.07) is 14.8. The molecule has 180 valence electrons. The topological polar surface area (TPSA) is 93.7 Å². The SMILES string of the molecule is COc1cc(NC(=O)[C@H](Cc2ccccc2)NS(=O)(=O)c2cc(Cl)ccc2Cl)c(OC)cc1Cl. The molecule has 2 N–H and O–H groups in total. The Hall–Kier alpha value is -2.49. The Morgan fingerprint density at radius 3 is 2.24 bits per heavy atom. The van der Waals surface area contributed by atoms with Gasteiger partial charge in [0.1, 0.15) is 22.4 Å². The summed E-state index contributed by atoms with van der Waals surface area (Å²) in [5.41, 5.74) is 0.995. The highest BCUT2D eigenvalue weighted by Crippen LogP contribution is 2.36. The molecule has 0 aliphatic rings. The Balaban J connectivity index is 1.96. The van der Waals surface area contributed by atoms with Crippen LogP contribution in [-0.4, -0.2) is 34.6 Å². The summed E-state index contributed by atoms with van der Waals surface area (Å²) in [6.07, 6.45) is 0.0666.